The Balaban J connectivity index is 2.24. The van der Waals surface area contributed by atoms with Crippen LogP contribution in [0.1, 0.15) is 12.5 Å². The van der Waals surface area contributed by atoms with Crippen molar-refractivity contribution in [1.82, 2.24) is 0 Å². The lowest BCUT2D eigenvalue weighted by atomic mass is 10.1. The van der Waals surface area contributed by atoms with Gasteiger partial charge in [0.05, 0.1) is 17.1 Å². The third-order valence-corrected chi connectivity index (χ3v) is 3.55. The molecule has 4 nitrogen and oxygen atoms in total. The second kappa shape index (κ2) is 4.09. The molecule has 0 atom stereocenters. The molecule has 1 heterocycles. The fraction of sp³-hybridized carbons (Fsp3) is 0.200. The third-order valence-electron chi connectivity index (χ3n) is 3.55. The summed E-state index contributed by atoms with van der Waals surface area (Å²) in [6.45, 7) is 4.81. The zero-order valence-electron chi connectivity index (χ0n) is 11.1. The number of hydrogen-bond donors (Lipinski definition) is 3. The molecule has 3 rings (SSSR count). The monoisotopic (exact) mass is 255 g/mol. The molecule has 0 aliphatic carbocycles. The van der Waals surface area contributed by atoms with E-state index in [1.165, 1.54) is 0 Å². The van der Waals surface area contributed by atoms with Crippen LogP contribution in [-0.4, -0.2) is 11.7 Å². The molecule has 2 aromatic carbocycles. The second-order valence-corrected chi connectivity index (χ2v) is 4.77. The van der Waals surface area contributed by atoms with Gasteiger partial charge in [-0.05, 0) is 43.7 Å². The first-order valence-corrected chi connectivity index (χ1v) is 6.38. The number of benzene rings is 2. The molecule has 4 heteroatoms. The number of para-hydroxylation sites is 1. The molecular formula is C15H17N3O. The van der Waals surface area contributed by atoms with Gasteiger partial charge in [-0.1, -0.05) is 6.07 Å². The number of fused-ring (bicyclic) bond motifs is 2. The molecule has 0 saturated carbocycles. The van der Waals surface area contributed by atoms with Gasteiger partial charge in [0, 0.05) is 12.2 Å². The van der Waals surface area contributed by atoms with Crippen molar-refractivity contribution < 1.29 is 5.11 Å². The molecule has 1 aliphatic rings. The molecule has 0 bridgehead atoms. The molecule has 4 N–H and O–H groups in total. The minimum Gasteiger partial charge on any atom is -0.506 e. The Morgan fingerprint density at radius 3 is 2.79 bits per heavy atom. The first-order valence-electron chi connectivity index (χ1n) is 6.38. The SMILES string of the molecule is CCN1c2cc(N)c(C)cc2Nc2cccc(O)c21. The van der Waals surface area contributed by atoms with Crippen molar-refractivity contribution in [2.75, 3.05) is 22.5 Å². The zero-order chi connectivity index (χ0) is 13.6. The fourth-order valence-corrected chi connectivity index (χ4v) is 2.55. The topological polar surface area (TPSA) is 61.5 Å². The van der Waals surface area contributed by atoms with Gasteiger partial charge in [-0.2, -0.15) is 0 Å². The first kappa shape index (κ1) is 11.7. The molecule has 0 spiro atoms. The van der Waals surface area contributed by atoms with E-state index >= 15 is 0 Å². The quantitative estimate of drug-likeness (QED) is 0.682. The third kappa shape index (κ3) is 1.68. The van der Waals surface area contributed by atoms with E-state index < -0.39 is 0 Å². The van der Waals surface area contributed by atoms with Crippen molar-refractivity contribution in [2.24, 2.45) is 0 Å². The van der Waals surface area contributed by atoms with Crippen LogP contribution in [0.4, 0.5) is 28.4 Å². The van der Waals surface area contributed by atoms with Crippen LogP contribution in [0, 0.1) is 6.92 Å². The molecule has 1 aliphatic heterocycles. The van der Waals surface area contributed by atoms with Crippen LogP contribution >= 0.6 is 0 Å². The van der Waals surface area contributed by atoms with E-state index in [2.05, 4.69) is 17.1 Å². The van der Waals surface area contributed by atoms with E-state index in [1.54, 1.807) is 6.07 Å². The second-order valence-electron chi connectivity index (χ2n) is 4.77. The van der Waals surface area contributed by atoms with Crippen molar-refractivity contribution in [3.05, 3.63) is 35.9 Å². The molecule has 0 aromatic heterocycles. The molecule has 0 fully saturated rings. The van der Waals surface area contributed by atoms with E-state index in [0.717, 1.165) is 40.5 Å². The van der Waals surface area contributed by atoms with Gasteiger partial charge in [-0.3, -0.25) is 0 Å². The number of phenols is 1. The predicted molar refractivity (Wildman–Crippen MR) is 79.7 cm³/mol. The fourth-order valence-electron chi connectivity index (χ4n) is 2.55. The molecule has 2 aromatic rings. The number of nitrogen functional groups attached to an aromatic ring is 1. The number of nitrogens with zero attached hydrogens (tertiary/aromatic N) is 1. The maximum Gasteiger partial charge on any atom is 0.141 e. The van der Waals surface area contributed by atoms with E-state index in [9.17, 15) is 5.11 Å². The molecule has 98 valence electrons. The summed E-state index contributed by atoms with van der Waals surface area (Å²) in [5, 5.41) is 13.5. The lowest BCUT2D eigenvalue weighted by Crippen LogP contribution is -2.22. The highest BCUT2D eigenvalue weighted by Gasteiger charge is 2.24. The Morgan fingerprint density at radius 1 is 1.26 bits per heavy atom. The van der Waals surface area contributed by atoms with Crippen LogP contribution in [0.3, 0.4) is 0 Å². The number of nitrogens with one attached hydrogen (secondary N) is 1. The van der Waals surface area contributed by atoms with Crippen molar-refractivity contribution >= 4 is 28.4 Å². The Labute approximate surface area is 112 Å². The lowest BCUT2D eigenvalue weighted by molar-refractivity contribution is 0.476. The highest BCUT2D eigenvalue weighted by molar-refractivity contribution is 5.95. The molecule has 0 radical (unpaired) electrons. The van der Waals surface area contributed by atoms with E-state index in [-0.39, 0.29) is 5.75 Å². The molecule has 19 heavy (non-hydrogen) atoms. The summed E-state index contributed by atoms with van der Waals surface area (Å²) in [4.78, 5) is 2.08. The van der Waals surface area contributed by atoms with Crippen molar-refractivity contribution in [2.45, 2.75) is 13.8 Å². The number of aryl methyl sites for hydroxylation is 1. The number of aromatic hydroxyl groups is 1. The average molecular weight is 255 g/mol. The minimum absolute atomic E-state index is 0.275. The van der Waals surface area contributed by atoms with Crippen LogP contribution in [0.2, 0.25) is 0 Å². The maximum absolute atomic E-state index is 10.1. The summed E-state index contributed by atoms with van der Waals surface area (Å²) < 4.78 is 0. The zero-order valence-corrected chi connectivity index (χ0v) is 11.1. The summed E-state index contributed by atoms with van der Waals surface area (Å²) in [6, 6.07) is 9.50. The number of phenolic OH excluding ortho intramolecular Hbond substituents is 1. The summed E-state index contributed by atoms with van der Waals surface area (Å²) in [5.74, 6) is 0.275. The predicted octanol–water partition coefficient (Wildman–Crippen LogP) is 3.50. The standard InChI is InChI=1S/C15H17N3O/c1-3-18-13-8-10(16)9(2)7-12(13)17-11-5-4-6-14(19)15(11)18/h4-8,17,19H,3,16H2,1-2H3. The van der Waals surface area contributed by atoms with Gasteiger partial charge >= 0.3 is 0 Å². The smallest absolute Gasteiger partial charge is 0.141 e. The summed E-state index contributed by atoms with van der Waals surface area (Å²) in [5.41, 5.74) is 11.6. The van der Waals surface area contributed by atoms with Gasteiger partial charge in [-0.25, -0.2) is 0 Å². The van der Waals surface area contributed by atoms with Crippen molar-refractivity contribution in [1.29, 1.82) is 0 Å². The van der Waals surface area contributed by atoms with Gasteiger partial charge in [0.2, 0.25) is 0 Å². The van der Waals surface area contributed by atoms with Crippen LogP contribution in [-0.2, 0) is 0 Å². The number of nitrogens with two attached hydrogens (primary N) is 1. The van der Waals surface area contributed by atoms with Gasteiger partial charge in [0.1, 0.15) is 11.4 Å². The van der Waals surface area contributed by atoms with Gasteiger partial charge in [0.15, 0.2) is 0 Å². The van der Waals surface area contributed by atoms with Crippen LogP contribution in [0.25, 0.3) is 0 Å². The molecule has 0 unspecified atom stereocenters. The largest absolute Gasteiger partial charge is 0.506 e. The van der Waals surface area contributed by atoms with Crippen molar-refractivity contribution in [3.8, 4) is 5.75 Å². The van der Waals surface area contributed by atoms with Crippen molar-refractivity contribution in [3.63, 3.8) is 0 Å². The Kier molecular flexibility index (Phi) is 2.52. The minimum atomic E-state index is 0.275. The number of anilines is 5. The van der Waals surface area contributed by atoms with Crippen LogP contribution < -0.4 is 16.0 Å². The van der Waals surface area contributed by atoms with Gasteiger partial charge in [0.25, 0.3) is 0 Å². The number of hydrogen-bond acceptors (Lipinski definition) is 4. The molecule has 0 saturated heterocycles. The maximum atomic E-state index is 10.1. The van der Waals surface area contributed by atoms with Crippen LogP contribution in [0.5, 0.6) is 5.75 Å². The van der Waals surface area contributed by atoms with Crippen LogP contribution in [0.15, 0.2) is 30.3 Å². The average Bonchev–Trinajstić information content (AvgIpc) is 2.38. The molecule has 0 amide bonds. The van der Waals surface area contributed by atoms with E-state index in [4.69, 9.17) is 5.73 Å². The van der Waals surface area contributed by atoms with Gasteiger partial charge in [-0.15, -0.1) is 0 Å². The normalized spacial score (nSPS) is 12.6. The Bertz CT molecular complexity index is 652. The summed E-state index contributed by atoms with van der Waals surface area (Å²) in [6.07, 6.45) is 0. The van der Waals surface area contributed by atoms with E-state index in [1.807, 2.05) is 31.2 Å². The lowest BCUT2D eigenvalue weighted by Gasteiger charge is -2.34. The Hall–Kier alpha value is -2.36. The highest BCUT2D eigenvalue weighted by atomic mass is 16.3. The first-order chi connectivity index (χ1) is 9.11. The Morgan fingerprint density at radius 2 is 2.05 bits per heavy atom. The summed E-state index contributed by atoms with van der Waals surface area (Å²) in [7, 11) is 0. The number of rotatable bonds is 1. The van der Waals surface area contributed by atoms with E-state index in [0.29, 0.717) is 0 Å². The molecular weight excluding hydrogens is 238 g/mol. The highest BCUT2D eigenvalue weighted by Crippen LogP contribution is 2.48. The summed E-state index contributed by atoms with van der Waals surface area (Å²) >= 11 is 0. The van der Waals surface area contributed by atoms with Gasteiger partial charge < -0.3 is 21.1 Å².